The second kappa shape index (κ2) is 9.66. The van der Waals surface area contributed by atoms with Crippen LogP contribution in [0, 0.1) is 0 Å². The number of carbonyl (C=O) groups excluding carboxylic acids is 1. The van der Waals surface area contributed by atoms with Crippen LogP contribution >= 0.6 is 23.1 Å². The Hall–Kier alpha value is -3.64. The minimum Gasteiger partial charge on any atom is -0.493 e. The molecule has 10 nitrogen and oxygen atoms in total. The van der Waals surface area contributed by atoms with Gasteiger partial charge in [-0.05, 0) is 24.3 Å². The van der Waals surface area contributed by atoms with Gasteiger partial charge < -0.3 is 14.8 Å². The molecule has 0 aliphatic heterocycles. The number of carbonyl (C=O) groups is 1. The third-order valence-electron chi connectivity index (χ3n) is 4.24. The summed E-state index contributed by atoms with van der Waals surface area (Å²) in [7, 11) is 3.06. The first-order valence-electron chi connectivity index (χ1n) is 9.29. The quantitative estimate of drug-likeness (QED) is 0.311. The van der Waals surface area contributed by atoms with Crippen LogP contribution in [-0.4, -0.2) is 39.8 Å². The van der Waals surface area contributed by atoms with E-state index < -0.39 is 6.03 Å². The molecule has 4 rings (SSSR count). The maximum Gasteiger partial charge on any atom is 0.325 e. The molecule has 3 aromatic heterocycles. The number of benzene rings is 1. The van der Waals surface area contributed by atoms with E-state index in [9.17, 15) is 9.59 Å². The Morgan fingerprint density at radius 2 is 1.94 bits per heavy atom. The van der Waals surface area contributed by atoms with Crippen molar-refractivity contribution < 1.29 is 14.3 Å². The van der Waals surface area contributed by atoms with E-state index in [1.54, 1.807) is 36.5 Å². The molecule has 0 bridgehead atoms. The number of rotatable bonds is 7. The Balaban J connectivity index is 1.36. The fraction of sp³-hybridized carbons (Fsp3) is 0.150. The Bertz CT molecular complexity index is 1320. The summed E-state index contributed by atoms with van der Waals surface area (Å²) in [6.45, 7) is 0. The molecule has 2 amide bonds. The third-order valence-corrected chi connectivity index (χ3v) is 6.24. The number of thioether (sulfide) groups is 1. The summed E-state index contributed by atoms with van der Waals surface area (Å²) in [6.07, 6.45) is 1.68. The first-order valence-corrected chi connectivity index (χ1v) is 11.1. The van der Waals surface area contributed by atoms with Crippen molar-refractivity contribution in [3.8, 4) is 11.5 Å². The lowest BCUT2D eigenvalue weighted by Gasteiger charge is -2.10. The Morgan fingerprint density at radius 1 is 1.09 bits per heavy atom. The van der Waals surface area contributed by atoms with E-state index in [0.29, 0.717) is 43.8 Å². The molecule has 0 aliphatic rings. The number of ether oxygens (including phenoxy) is 2. The van der Waals surface area contributed by atoms with Gasteiger partial charge >= 0.3 is 6.03 Å². The fourth-order valence-electron chi connectivity index (χ4n) is 2.80. The summed E-state index contributed by atoms with van der Waals surface area (Å²) in [4.78, 5) is 28.9. The fourth-order valence-corrected chi connectivity index (χ4v) is 4.44. The second-order valence-electron chi connectivity index (χ2n) is 6.33. The third kappa shape index (κ3) is 4.98. The molecule has 3 heterocycles. The Kier molecular flexibility index (Phi) is 6.52. The van der Waals surface area contributed by atoms with E-state index in [-0.39, 0.29) is 5.56 Å². The average Bonchev–Trinajstić information content (AvgIpc) is 3.24. The Labute approximate surface area is 190 Å². The van der Waals surface area contributed by atoms with E-state index in [1.807, 2.05) is 6.07 Å². The number of nitrogens with zero attached hydrogens (tertiary/aromatic N) is 4. The lowest BCUT2D eigenvalue weighted by molar-refractivity contribution is 0.262. The topological polar surface area (TPSA) is 120 Å². The number of nitrogens with one attached hydrogen (secondary N) is 2. The van der Waals surface area contributed by atoms with Gasteiger partial charge in [-0.1, -0.05) is 29.2 Å². The van der Waals surface area contributed by atoms with E-state index in [4.69, 9.17) is 9.47 Å². The minimum absolute atomic E-state index is 0.141. The SMILES string of the molecule is COc1ccc(NC(=O)Nc2nnc(SCc3cc(=O)n4ccccc4n3)s2)cc1OC. The molecule has 0 saturated carbocycles. The van der Waals surface area contributed by atoms with Crippen molar-refractivity contribution >= 4 is 45.6 Å². The highest BCUT2D eigenvalue weighted by Gasteiger charge is 2.11. The van der Waals surface area contributed by atoms with Gasteiger partial charge in [0.1, 0.15) is 5.65 Å². The summed E-state index contributed by atoms with van der Waals surface area (Å²) in [6, 6.07) is 11.5. The van der Waals surface area contributed by atoms with Gasteiger partial charge in [0.25, 0.3) is 5.56 Å². The van der Waals surface area contributed by atoms with Crippen molar-refractivity contribution in [1.82, 2.24) is 19.6 Å². The van der Waals surface area contributed by atoms with E-state index in [2.05, 4.69) is 25.8 Å². The number of methoxy groups -OCH3 is 2. The highest BCUT2D eigenvalue weighted by molar-refractivity contribution is 8.00. The molecule has 0 atom stereocenters. The van der Waals surface area contributed by atoms with Gasteiger partial charge in [-0.3, -0.25) is 14.5 Å². The monoisotopic (exact) mass is 470 g/mol. The van der Waals surface area contributed by atoms with Crippen LogP contribution in [0.5, 0.6) is 11.5 Å². The lowest BCUT2D eigenvalue weighted by Crippen LogP contribution is -2.19. The zero-order chi connectivity index (χ0) is 22.5. The molecule has 2 N–H and O–H groups in total. The van der Waals surface area contributed by atoms with Gasteiger partial charge in [0.2, 0.25) is 5.13 Å². The summed E-state index contributed by atoms with van der Waals surface area (Å²) in [5, 5.41) is 13.8. The van der Waals surface area contributed by atoms with Gasteiger partial charge in [0, 0.05) is 29.8 Å². The molecule has 164 valence electrons. The van der Waals surface area contributed by atoms with Crippen molar-refractivity contribution in [3.05, 3.63) is 64.7 Å². The van der Waals surface area contributed by atoms with Crippen LogP contribution in [0.15, 0.2) is 57.8 Å². The molecule has 1 aromatic carbocycles. The number of hydrogen-bond donors (Lipinski definition) is 2. The van der Waals surface area contributed by atoms with Crippen molar-refractivity contribution in [2.75, 3.05) is 24.9 Å². The van der Waals surface area contributed by atoms with Gasteiger partial charge in [-0.2, -0.15) is 0 Å². The van der Waals surface area contributed by atoms with E-state index in [1.165, 1.54) is 47.8 Å². The van der Waals surface area contributed by atoms with Crippen molar-refractivity contribution in [2.45, 2.75) is 10.1 Å². The smallest absolute Gasteiger partial charge is 0.325 e. The summed E-state index contributed by atoms with van der Waals surface area (Å²) >= 11 is 2.61. The number of pyridine rings is 1. The van der Waals surface area contributed by atoms with Crippen molar-refractivity contribution in [3.63, 3.8) is 0 Å². The number of amides is 2. The summed E-state index contributed by atoms with van der Waals surface area (Å²) < 4.78 is 12.5. The molecule has 12 heteroatoms. The Morgan fingerprint density at radius 3 is 2.75 bits per heavy atom. The van der Waals surface area contributed by atoms with Gasteiger partial charge in [0.15, 0.2) is 15.8 Å². The summed E-state index contributed by atoms with van der Waals surface area (Å²) in [5.74, 6) is 1.52. The van der Waals surface area contributed by atoms with Crippen LogP contribution in [0.25, 0.3) is 5.65 Å². The maximum absolute atomic E-state index is 12.3. The highest BCUT2D eigenvalue weighted by atomic mass is 32.2. The zero-order valence-electron chi connectivity index (χ0n) is 17.1. The lowest BCUT2D eigenvalue weighted by atomic mass is 10.3. The molecule has 0 saturated heterocycles. The molecule has 0 fully saturated rings. The van der Waals surface area contributed by atoms with Crippen LogP contribution < -0.4 is 25.7 Å². The molecule has 0 aliphatic carbocycles. The number of hydrogen-bond acceptors (Lipinski definition) is 9. The van der Waals surface area contributed by atoms with Gasteiger partial charge in [-0.25, -0.2) is 9.78 Å². The van der Waals surface area contributed by atoms with Crippen LogP contribution in [-0.2, 0) is 5.75 Å². The zero-order valence-corrected chi connectivity index (χ0v) is 18.7. The van der Waals surface area contributed by atoms with Crippen molar-refractivity contribution in [2.24, 2.45) is 0 Å². The minimum atomic E-state index is -0.464. The molecule has 0 radical (unpaired) electrons. The van der Waals surface area contributed by atoms with Crippen molar-refractivity contribution in [1.29, 1.82) is 0 Å². The predicted molar refractivity (Wildman–Crippen MR) is 123 cm³/mol. The molecule has 4 aromatic rings. The molecular formula is C20H18N6O4S2. The normalized spacial score (nSPS) is 10.7. The molecule has 0 spiro atoms. The van der Waals surface area contributed by atoms with Crippen LogP contribution in [0.2, 0.25) is 0 Å². The van der Waals surface area contributed by atoms with E-state index in [0.717, 1.165) is 0 Å². The largest absolute Gasteiger partial charge is 0.493 e. The highest BCUT2D eigenvalue weighted by Crippen LogP contribution is 2.30. The number of urea groups is 1. The first-order chi connectivity index (χ1) is 15.6. The number of anilines is 2. The average molecular weight is 471 g/mol. The number of fused-ring (bicyclic) bond motifs is 1. The second-order valence-corrected chi connectivity index (χ2v) is 8.53. The van der Waals surface area contributed by atoms with Gasteiger partial charge in [-0.15, -0.1) is 10.2 Å². The van der Waals surface area contributed by atoms with Crippen LogP contribution in [0.1, 0.15) is 5.69 Å². The van der Waals surface area contributed by atoms with Crippen LogP contribution in [0.3, 0.4) is 0 Å². The predicted octanol–water partition coefficient (Wildman–Crippen LogP) is 3.50. The maximum atomic E-state index is 12.3. The molecular weight excluding hydrogens is 452 g/mol. The van der Waals surface area contributed by atoms with Crippen LogP contribution in [0.4, 0.5) is 15.6 Å². The standard InChI is InChI=1S/C20H18N6O4S2/c1-29-14-7-6-12(9-15(14)30-2)22-18(28)23-19-24-25-20(32-19)31-11-13-10-17(27)26-8-4-3-5-16(26)21-13/h3-10H,11H2,1-2H3,(H2,22,23,24,28). The first kappa shape index (κ1) is 21.6. The molecule has 32 heavy (non-hydrogen) atoms. The molecule has 0 unspecified atom stereocenters. The number of aromatic nitrogens is 4. The van der Waals surface area contributed by atoms with Gasteiger partial charge in [0.05, 0.1) is 19.9 Å². The van der Waals surface area contributed by atoms with E-state index >= 15 is 0 Å². The summed E-state index contributed by atoms with van der Waals surface area (Å²) in [5.41, 5.74) is 1.62.